The maximum atomic E-state index is 11.7. The number of benzene rings is 1. The van der Waals surface area contributed by atoms with Gasteiger partial charge in [0.1, 0.15) is 5.01 Å². The number of hydrogen-bond donors (Lipinski definition) is 0. The summed E-state index contributed by atoms with van der Waals surface area (Å²) in [5.41, 5.74) is 0.676. The van der Waals surface area contributed by atoms with Crippen LogP contribution in [0, 0.1) is 0 Å². The van der Waals surface area contributed by atoms with E-state index in [1.807, 2.05) is 5.38 Å². The first-order valence-electron chi connectivity index (χ1n) is 4.43. The minimum absolute atomic E-state index is 0.0709. The molecule has 0 saturated heterocycles. The van der Waals surface area contributed by atoms with Crippen LogP contribution in [0.15, 0.2) is 35.8 Å². The highest BCUT2D eigenvalue weighted by Crippen LogP contribution is 2.13. The second kappa shape index (κ2) is 4.55. The van der Waals surface area contributed by atoms with Gasteiger partial charge in [-0.2, -0.15) is 0 Å². The molecule has 0 atom stereocenters. The third-order valence-corrected chi connectivity index (χ3v) is 2.99. The predicted octanol–water partition coefficient (Wildman–Crippen LogP) is 3.22. The van der Waals surface area contributed by atoms with E-state index in [-0.39, 0.29) is 5.78 Å². The molecule has 2 nitrogen and oxygen atoms in total. The van der Waals surface area contributed by atoms with Gasteiger partial charge in [-0.15, -0.1) is 11.3 Å². The lowest BCUT2D eigenvalue weighted by molar-refractivity contribution is 0.0993. The van der Waals surface area contributed by atoms with Crippen molar-refractivity contribution in [1.82, 2.24) is 4.98 Å². The highest BCUT2D eigenvalue weighted by Gasteiger charge is 2.08. The fraction of sp³-hybridized carbons (Fsp3) is 0.0909. The van der Waals surface area contributed by atoms with Crippen LogP contribution in [0.1, 0.15) is 15.4 Å². The molecule has 1 aromatic carbocycles. The number of aromatic nitrogens is 1. The molecule has 0 aliphatic rings. The molecule has 0 fully saturated rings. The molecule has 0 unspecified atom stereocenters. The molecule has 1 heterocycles. The first-order valence-corrected chi connectivity index (χ1v) is 5.68. The molecule has 0 aliphatic carbocycles. The second-order valence-electron chi connectivity index (χ2n) is 3.03. The topological polar surface area (TPSA) is 30.0 Å². The van der Waals surface area contributed by atoms with Gasteiger partial charge in [-0.05, 0) is 24.3 Å². The third kappa shape index (κ3) is 2.64. The lowest BCUT2D eigenvalue weighted by Crippen LogP contribution is -2.02. The van der Waals surface area contributed by atoms with E-state index >= 15 is 0 Å². The number of ketones is 1. The molecule has 15 heavy (non-hydrogen) atoms. The number of thiazole rings is 1. The molecule has 0 spiro atoms. The Labute approximate surface area is 96.5 Å². The summed E-state index contributed by atoms with van der Waals surface area (Å²) in [6.45, 7) is 0. The molecule has 1 aromatic heterocycles. The van der Waals surface area contributed by atoms with Gasteiger partial charge < -0.3 is 0 Å². The summed E-state index contributed by atoms with van der Waals surface area (Å²) in [6, 6.07) is 6.91. The van der Waals surface area contributed by atoms with Gasteiger partial charge in [0, 0.05) is 22.2 Å². The van der Waals surface area contributed by atoms with Crippen LogP contribution in [0.3, 0.4) is 0 Å². The lowest BCUT2D eigenvalue weighted by atomic mass is 10.1. The van der Waals surface area contributed by atoms with Crippen LogP contribution in [-0.2, 0) is 6.42 Å². The SMILES string of the molecule is O=C(Cc1nccs1)c1ccc(Cl)cc1. The Morgan fingerprint density at radius 2 is 2.07 bits per heavy atom. The van der Waals surface area contributed by atoms with E-state index in [0.717, 1.165) is 5.01 Å². The Morgan fingerprint density at radius 3 is 2.67 bits per heavy atom. The van der Waals surface area contributed by atoms with Gasteiger partial charge in [-0.25, -0.2) is 4.98 Å². The number of carbonyl (C=O) groups excluding carboxylic acids is 1. The van der Waals surface area contributed by atoms with Crippen molar-refractivity contribution < 1.29 is 4.79 Å². The van der Waals surface area contributed by atoms with Crippen molar-refractivity contribution >= 4 is 28.7 Å². The Kier molecular flexibility index (Phi) is 3.14. The van der Waals surface area contributed by atoms with Crippen LogP contribution in [0.4, 0.5) is 0 Å². The van der Waals surface area contributed by atoms with Crippen LogP contribution in [0.5, 0.6) is 0 Å². The van der Waals surface area contributed by atoms with Gasteiger partial charge >= 0.3 is 0 Å². The van der Waals surface area contributed by atoms with E-state index in [0.29, 0.717) is 17.0 Å². The van der Waals surface area contributed by atoms with Crippen LogP contribution >= 0.6 is 22.9 Å². The Hall–Kier alpha value is -1.19. The van der Waals surface area contributed by atoms with Gasteiger partial charge in [0.05, 0.1) is 6.42 Å². The number of nitrogens with zero attached hydrogens (tertiary/aromatic N) is 1. The number of halogens is 1. The first-order chi connectivity index (χ1) is 7.25. The summed E-state index contributed by atoms with van der Waals surface area (Å²) >= 11 is 7.23. The zero-order valence-corrected chi connectivity index (χ0v) is 9.39. The molecule has 0 saturated carbocycles. The predicted molar refractivity (Wildman–Crippen MR) is 61.6 cm³/mol. The zero-order valence-electron chi connectivity index (χ0n) is 7.81. The maximum absolute atomic E-state index is 11.7. The lowest BCUT2D eigenvalue weighted by Gasteiger charge is -1.98. The molecule has 2 rings (SSSR count). The van der Waals surface area contributed by atoms with Crippen LogP contribution in [0.25, 0.3) is 0 Å². The smallest absolute Gasteiger partial charge is 0.169 e. The molecule has 0 radical (unpaired) electrons. The number of Topliss-reactive ketones (excluding diaryl/α,β-unsaturated/α-hetero) is 1. The Morgan fingerprint density at radius 1 is 1.33 bits per heavy atom. The van der Waals surface area contributed by atoms with E-state index in [1.165, 1.54) is 11.3 Å². The largest absolute Gasteiger partial charge is 0.294 e. The quantitative estimate of drug-likeness (QED) is 0.768. The molecular weight excluding hydrogens is 230 g/mol. The van der Waals surface area contributed by atoms with Crippen molar-refractivity contribution in [2.45, 2.75) is 6.42 Å². The molecule has 0 amide bonds. The maximum Gasteiger partial charge on any atom is 0.169 e. The average Bonchev–Trinajstić information content (AvgIpc) is 2.71. The first kappa shape index (κ1) is 10.3. The minimum atomic E-state index is 0.0709. The number of hydrogen-bond acceptors (Lipinski definition) is 3. The molecule has 0 N–H and O–H groups in total. The summed E-state index contributed by atoms with van der Waals surface area (Å²) in [6.07, 6.45) is 2.06. The van der Waals surface area contributed by atoms with Crippen LogP contribution in [0.2, 0.25) is 5.02 Å². The third-order valence-electron chi connectivity index (χ3n) is 1.96. The van der Waals surface area contributed by atoms with E-state index < -0.39 is 0 Å². The van der Waals surface area contributed by atoms with Gasteiger partial charge in [0.2, 0.25) is 0 Å². The Bertz CT molecular complexity index is 450. The average molecular weight is 238 g/mol. The van der Waals surface area contributed by atoms with Crippen molar-refractivity contribution in [3.05, 3.63) is 51.4 Å². The number of carbonyl (C=O) groups is 1. The van der Waals surface area contributed by atoms with Gasteiger partial charge in [0.25, 0.3) is 0 Å². The molecule has 76 valence electrons. The fourth-order valence-electron chi connectivity index (χ4n) is 1.22. The zero-order chi connectivity index (χ0) is 10.7. The van der Waals surface area contributed by atoms with Gasteiger partial charge in [-0.3, -0.25) is 4.79 Å². The normalized spacial score (nSPS) is 10.2. The van der Waals surface area contributed by atoms with Gasteiger partial charge in [-0.1, -0.05) is 11.6 Å². The molecule has 4 heteroatoms. The monoisotopic (exact) mass is 237 g/mol. The highest BCUT2D eigenvalue weighted by atomic mass is 35.5. The van der Waals surface area contributed by atoms with Crippen molar-refractivity contribution in [3.8, 4) is 0 Å². The molecule has 0 aliphatic heterocycles. The summed E-state index contributed by atoms with van der Waals surface area (Å²) in [4.78, 5) is 15.8. The number of rotatable bonds is 3. The summed E-state index contributed by atoms with van der Waals surface area (Å²) < 4.78 is 0. The standard InChI is InChI=1S/C11H8ClNOS/c12-9-3-1-8(2-4-9)10(14)7-11-13-5-6-15-11/h1-6H,7H2. The summed E-state index contributed by atoms with van der Waals surface area (Å²) in [5.74, 6) is 0.0709. The second-order valence-corrected chi connectivity index (χ2v) is 4.45. The highest BCUT2D eigenvalue weighted by molar-refractivity contribution is 7.09. The molecule has 2 aromatic rings. The van der Waals surface area contributed by atoms with Crippen molar-refractivity contribution in [2.75, 3.05) is 0 Å². The minimum Gasteiger partial charge on any atom is -0.294 e. The van der Waals surface area contributed by atoms with Crippen molar-refractivity contribution in [2.24, 2.45) is 0 Å². The van der Waals surface area contributed by atoms with Crippen LogP contribution < -0.4 is 0 Å². The van der Waals surface area contributed by atoms with E-state index in [2.05, 4.69) is 4.98 Å². The summed E-state index contributed by atoms with van der Waals surface area (Å²) in [7, 11) is 0. The van der Waals surface area contributed by atoms with Gasteiger partial charge in [0.15, 0.2) is 5.78 Å². The van der Waals surface area contributed by atoms with Crippen molar-refractivity contribution in [3.63, 3.8) is 0 Å². The van der Waals surface area contributed by atoms with Crippen molar-refractivity contribution in [1.29, 1.82) is 0 Å². The summed E-state index contributed by atoms with van der Waals surface area (Å²) in [5, 5.41) is 3.35. The Balaban J connectivity index is 2.11. The molecular formula is C11H8ClNOS. The van der Waals surface area contributed by atoms with Crippen LogP contribution in [-0.4, -0.2) is 10.8 Å². The van der Waals surface area contributed by atoms with E-state index in [9.17, 15) is 4.79 Å². The van der Waals surface area contributed by atoms with E-state index in [4.69, 9.17) is 11.6 Å². The van der Waals surface area contributed by atoms with E-state index in [1.54, 1.807) is 30.5 Å². The fourth-order valence-corrected chi connectivity index (χ4v) is 1.96. The molecule has 0 bridgehead atoms.